The van der Waals surface area contributed by atoms with E-state index in [0.29, 0.717) is 108 Å². The Balaban J connectivity index is 0.754. The highest BCUT2D eigenvalue weighted by molar-refractivity contribution is 6.39. The van der Waals surface area contributed by atoms with Crippen LogP contribution in [0.5, 0.6) is 17.4 Å². The lowest BCUT2D eigenvalue weighted by Crippen LogP contribution is -2.54. The SMILES string of the molecule is Oc1cc(N2CCC3C(N4CC5CCC(C4)N5)=CC(C#CC45CCCN4C(c4cc(F)c(Cl)c6c(-c7c(Cl)cc8c(N9CC%10CCC(C9)N%10)cc(OCC9%10CCCN9CCC%10)nc8c7F)cc(O)cc46)CC5)=NC3C2)c2c(Cl)c(F)ccc2c1. The van der Waals surface area contributed by atoms with E-state index in [-0.39, 0.29) is 72.1 Å². The van der Waals surface area contributed by atoms with E-state index in [9.17, 15) is 10.2 Å². The zero-order chi connectivity index (χ0) is 56.9. The van der Waals surface area contributed by atoms with Crippen LogP contribution in [0.2, 0.25) is 15.1 Å². The molecule has 11 heterocycles. The monoisotopic (exact) mass is 1200 g/mol. The molecule has 9 fully saturated rings. The van der Waals surface area contributed by atoms with E-state index in [1.165, 1.54) is 23.9 Å². The highest BCUT2D eigenvalue weighted by Gasteiger charge is 2.50. The van der Waals surface area contributed by atoms with Gasteiger partial charge >= 0.3 is 0 Å². The minimum absolute atomic E-state index is 0.0194. The highest BCUT2D eigenvalue weighted by Crippen LogP contribution is 2.54. The lowest BCUT2D eigenvalue weighted by Gasteiger charge is -2.46. The molecular weight excluding hydrogens is 1130 g/mol. The molecule has 10 aliphatic heterocycles. The molecule has 6 aromatic rings. The first-order valence-corrected chi connectivity index (χ1v) is 31.7. The first-order chi connectivity index (χ1) is 40.7. The maximum absolute atomic E-state index is 18.1. The van der Waals surface area contributed by atoms with E-state index in [0.717, 1.165) is 116 Å². The molecule has 8 unspecified atom stereocenters. The predicted octanol–water partition coefficient (Wildman–Crippen LogP) is 12.3. The fraction of sp³-hybridized carbons (Fsp3) is 0.485. The number of rotatable bonds is 8. The van der Waals surface area contributed by atoms with Gasteiger partial charge in [0.25, 0.3) is 0 Å². The van der Waals surface area contributed by atoms with Crippen LogP contribution in [0, 0.1) is 35.2 Å². The third-order valence-corrected chi connectivity index (χ3v) is 22.2. The minimum atomic E-state index is -0.695. The van der Waals surface area contributed by atoms with Crippen molar-refractivity contribution in [2.45, 2.75) is 131 Å². The largest absolute Gasteiger partial charge is 0.508 e. The number of piperidine rings is 1. The molecule has 4 bridgehead atoms. The van der Waals surface area contributed by atoms with Crippen molar-refractivity contribution in [2.75, 3.05) is 75.3 Å². The molecule has 0 spiro atoms. The second kappa shape index (κ2) is 20.5. The van der Waals surface area contributed by atoms with Crippen molar-refractivity contribution in [3.63, 3.8) is 0 Å². The van der Waals surface area contributed by atoms with Gasteiger partial charge in [-0.25, -0.2) is 18.2 Å². The summed E-state index contributed by atoms with van der Waals surface area (Å²) < 4.78 is 56.8. The number of dihydropyridines is 1. The van der Waals surface area contributed by atoms with E-state index >= 15 is 13.2 Å². The number of ether oxygens (including phenoxy) is 1. The Hall–Kier alpha value is -5.70. The number of nitrogens with one attached hydrogen (secondary N) is 2. The van der Waals surface area contributed by atoms with Crippen LogP contribution >= 0.6 is 34.8 Å². The summed E-state index contributed by atoms with van der Waals surface area (Å²) in [6.45, 7) is 7.80. The number of pyridine rings is 1. The average Bonchev–Trinajstić information content (AvgIpc) is 1.41. The van der Waals surface area contributed by atoms with Crippen molar-refractivity contribution in [2.24, 2.45) is 10.9 Å². The van der Waals surface area contributed by atoms with Crippen LogP contribution in [0.15, 0.2) is 71.4 Å². The van der Waals surface area contributed by atoms with E-state index in [2.05, 4.69) is 53.1 Å². The van der Waals surface area contributed by atoms with Crippen LogP contribution in [0.1, 0.15) is 95.1 Å². The quantitative estimate of drug-likeness (QED) is 0.109. The number of aromatic hydroxyl groups is 2. The van der Waals surface area contributed by atoms with E-state index in [4.69, 9.17) is 49.5 Å². The maximum atomic E-state index is 18.1. The molecule has 0 aliphatic carbocycles. The smallest absolute Gasteiger partial charge is 0.216 e. The summed E-state index contributed by atoms with van der Waals surface area (Å²) in [6, 6.07) is 15.5. The van der Waals surface area contributed by atoms with Gasteiger partial charge in [-0.15, -0.1) is 0 Å². The minimum Gasteiger partial charge on any atom is -0.508 e. The Morgan fingerprint density at radius 3 is 2.15 bits per heavy atom. The van der Waals surface area contributed by atoms with Gasteiger partial charge in [0.15, 0.2) is 5.82 Å². The number of hydrogen-bond donors (Lipinski definition) is 4. The van der Waals surface area contributed by atoms with Crippen molar-refractivity contribution < 1.29 is 28.1 Å². The standard InChI is InChI=1S/C66H67Cl3F3N9O3/c67-49-27-47-55(79-32-40-7-8-41(33-79)74-40)29-57(84-35-66-14-1-18-80(66)19-2-15-66)76-64(47)63(72)60(49)48-25-43(83)24-46-45(28-51(71)62(69)59(46)48)53-11-17-65(13-3-20-81(53)65)16-10-37-23-54(78-30-38-5-6-39(31-78)73-38)44-12-21-77(34-52(44)75-37)56-26-42(82)22-36-4-9-50(70)61(68)58(36)56/h4,9,22-29,38-41,44,52-53,73-74,82-83H,1-3,5-8,11-15,17-21,30-35H2. The Morgan fingerprint density at radius 2 is 1.39 bits per heavy atom. The number of piperazine rings is 2. The van der Waals surface area contributed by atoms with Crippen LogP contribution < -0.4 is 25.2 Å². The number of hydrogen-bond acceptors (Lipinski definition) is 12. The summed E-state index contributed by atoms with van der Waals surface area (Å²) in [7, 11) is 0. The molecule has 0 amide bonds. The van der Waals surface area contributed by atoms with Crippen molar-refractivity contribution in [1.82, 2.24) is 30.3 Å². The van der Waals surface area contributed by atoms with Crippen LogP contribution in [-0.4, -0.2) is 142 Å². The number of benzene rings is 5. The van der Waals surface area contributed by atoms with E-state index in [1.807, 2.05) is 6.07 Å². The average molecular weight is 1200 g/mol. The van der Waals surface area contributed by atoms with Crippen molar-refractivity contribution in [1.29, 1.82) is 0 Å². The number of phenolic OH excluding ortho intramolecular Hbond substituents is 2. The maximum Gasteiger partial charge on any atom is 0.216 e. The lowest BCUT2D eigenvalue weighted by molar-refractivity contribution is 0.111. The molecule has 5 aromatic carbocycles. The molecule has 4 N–H and O–H groups in total. The molecule has 12 nitrogen and oxygen atoms in total. The molecule has 84 heavy (non-hydrogen) atoms. The third kappa shape index (κ3) is 8.83. The zero-order valence-electron chi connectivity index (χ0n) is 46.8. The fourth-order valence-corrected chi connectivity index (χ4v) is 18.2. The van der Waals surface area contributed by atoms with E-state index in [1.54, 1.807) is 30.3 Å². The molecule has 1 aromatic heterocycles. The molecule has 10 aliphatic rings. The topological polar surface area (TPSA) is 115 Å². The summed E-state index contributed by atoms with van der Waals surface area (Å²) >= 11 is 21.1. The summed E-state index contributed by atoms with van der Waals surface area (Å²) in [5.74, 6) is 6.01. The molecule has 16 rings (SSSR count). The number of aliphatic imine (C=N–C) groups is 1. The van der Waals surface area contributed by atoms with Gasteiger partial charge in [0.05, 0.1) is 37.9 Å². The van der Waals surface area contributed by atoms with Gasteiger partial charge < -0.3 is 40.3 Å². The first-order valence-electron chi connectivity index (χ1n) is 30.6. The van der Waals surface area contributed by atoms with Gasteiger partial charge in [-0.05, 0) is 167 Å². The van der Waals surface area contributed by atoms with Gasteiger partial charge in [0, 0.05) is 127 Å². The van der Waals surface area contributed by atoms with Crippen LogP contribution in [0.25, 0.3) is 43.6 Å². The molecule has 0 saturated carbocycles. The zero-order valence-corrected chi connectivity index (χ0v) is 49.0. The van der Waals surface area contributed by atoms with Crippen LogP contribution in [0.4, 0.5) is 24.5 Å². The molecule has 9 saturated heterocycles. The first kappa shape index (κ1) is 53.7. The Bertz CT molecular complexity index is 3860. The van der Waals surface area contributed by atoms with Crippen molar-refractivity contribution in [3.8, 4) is 40.3 Å². The fourth-order valence-electron chi connectivity index (χ4n) is 17.4. The molecule has 436 valence electrons. The predicted molar refractivity (Wildman–Crippen MR) is 327 cm³/mol. The summed E-state index contributed by atoms with van der Waals surface area (Å²) in [5, 5.41) is 32.7. The molecular formula is C66H67Cl3F3N9O3. The number of anilines is 2. The molecule has 8 atom stereocenters. The van der Waals surface area contributed by atoms with Gasteiger partial charge in [-0.2, -0.15) is 0 Å². The summed E-state index contributed by atoms with van der Waals surface area (Å²) in [6.07, 6.45) is 14.8. The Labute approximate surface area is 501 Å². The Morgan fingerprint density at radius 1 is 0.679 bits per heavy atom. The lowest BCUT2D eigenvalue weighted by atomic mass is 9.84. The second-order valence-corrected chi connectivity index (χ2v) is 27.1. The number of halogens is 6. The Kier molecular flexibility index (Phi) is 13.1. The third-order valence-electron chi connectivity index (χ3n) is 21.2. The summed E-state index contributed by atoms with van der Waals surface area (Å²) in [4.78, 5) is 22.4. The number of phenols is 2. The highest BCUT2D eigenvalue weighted by atomic mass is 35.5. The summed E-state index contributed by atoms with van der Waals surface area (Å²) in [5.41, 5.74) is 3.72. The van der Waals surface area contributed by atoms with E-state index < -0.39 is 23.0 Å². The van der Waals surface area contributed by atoms with Crippen molar-refractivity contribution in [3.05, 3.63) is 104 Å². The van der Waals surface area contributed by atoms with Gasteiger partial charge in [0.1, 0.15) is 41.0 Å². The van der Waals surface area contributed by atoms with Crippen LogP contribution in [-0.2, 0) is 0 Å². The normalized spacial score (nSPS) is 28.9. The van der Waals surface area contributed by atoms with Gasteiger partial charge in [0.2, 0.25) is 5.88 Å². The second-order valence-electron chi connectivity index (χ2n) is 25.9. The van der Waals surface area contributed by atoms with Gasteiger partial charge in [-0.1, -0.05) is 46.8 Å². The number of allylic oxidation sites excluding steroid dienone is 1. The number of nitrogens with zero attached hydrogens (tertiary/aromatic N) is 7. The number of fused-ring (bicyclic) bond motifs is 10. The van der Waals surface area contributed by atoms with Gasteiger partial charge in [-0.3, -0.25) is 14.8 Å². The number of aromatic nitrogens is 1. The molecule has 18 heteroatoms. The van der Waals surface area contributed by atoms with Crippen LogP contribution in [0.3, 0.4) is 0 Å². The molecule has 0 radical (unpaired) electrons. The van der Waals surface area contributed by atoms with Crippen molar-refractivity contribution >= 4 is 84.3 Å². The number of likely N-dealkylation sites (tertiary alicyclic amines) is 1.